The van der Waals surface area contributed by atoms with Gasteiger partial charge >= 0.3 is 0 Å². The van der Waals surface area contributed by atoms with Crippen LogP contribution in [-0.2, 0) is 10.1 Å². The van der Waals surface area contributed by atoms with Gasteiger partial charge in [0, 0.05) is 6.07 Å². The molecular formula is C7H7FO4S. The molecule has 72 valence electrons. The molecule has 6 heteroatoms. The summed E-state index contributed by atoms with van der Waals surface area (Å²) < 4.78 is 47.2. The van der Waals surface area contributed by atoms with Crippen LogP contribution < -0.4 is 4.74 Å². The van der Waals surface area contributed by atoms with Crippen molar-refractivity contribution in [2.24, 2.45) is 0 Å². The van der Waals surface area contributed by atoms with Crippen molar-refractivity contribution >= 4 is 10.1 Å². The summed E-state index contributed by atoms with van der Waals surface area (Å²) in [6.45, 7) is 0. The van der Waals surface area contributed by atoms with E-state index in [-0.39, 0.29) is 5.75 Å². The monoisotopic (exact) mass is 206 g/mol. The van der Waals surface area contributed by atoms with E-state index < -0.39 is 20.8 Å². The first-order chi connectivity index (χ1) is 5.95. The largest absolute Gasteiger partial charge is 0.497 e. The molecule has 1 aromatic carbocycles. The highest BCUT2D eigenvalue weighted by molar-refractivity contribution is 7.85. The molecule has 0 aromatic heterocycles. The molecule has 0 spiro atoms. The lowest BCUT2D eigenvalue weighted by Gasteiger charge is -2.02. The van der Waals surface area contributed by atoms with Crippen LogP contribution in [-0.4, -0.2) is 20.1 Å². The van der Waals surface area contributed by atoms with E-state index >= 15 is 0 Å². The van der Waals surface area contributed by atoms with Gasteiger partial charge in [-0.2, -0.15) is 8.42 Å². The summed E-state index contributed by atoms with van der Waals surface area (Å²) in [6.07, 6.45) is 0. The molecule has 0 aliphatic heterocycles. The fourth-order valence-corrected chi connectivity index (χ4v) is 1.39. The molecule has 0 saturated carbocycles. The van der Waals surface area contributed by atoms with E-state index in [4.69, 9.17) is 4.55 Å². The summed E-state index contributed by atoms with van der Waals surface area (Å²) in [4.78, 5) is -0.785. The molecule has 0 amide bonds. The Kier molecular flexibility index (Phi) is 2.53. The number of ether oxygens (including phenoxy) is 1. The Morgan fingerprint density at radius 3 is 2.54 bits per heavy atom. The summed E-state index contributed by atoms with van der Waals surface area (Å²) in [5.41, 5.74) is 0. The lowest BCUT2D eigenvalue weighted by Crippen LogP contribution is -2.01. The second-order valence-electron chi connectivity index (χ2n) is 2.27. The molecule has 4 nitrogen and oxygen atoms in total. The molecule has 0 bridgehead atoms. The molecule has 0 aliphatic rings. The van der Waals surface area contributed by atoms with Crippen molar-refractivity contribution in [2.75, 3.05) is 7.11 Å². The maximum absolute atomic E-state index is 12.8. The molecule has 1 N–H and O–H groups in total. The average Bonchev–Trinajstić information content (AvgIpc) is 2.03. The minimum atomic E-state index is -4.52. The van der Waals surface area contributed by atoms with Gasteiger partial charge in [0.05, 0.1) is 7.11 Å². The van der Waals surface area contributed by atoms with Crippen LogP contribution in [0.4, 0.5) is 4.39 Å². The van der Waals surface area contributed by atoms with Crippen molar-refractivity contribution in [2.45, 2.75) is 4.90 Å². The minimum Gasteiger partial charge on any atom is -0.497 e. The van der Waals surface area contributed by atoms with Gasteiger partial charge in [-0.1, -0.05) is 0 Å². The first kappa shape index (κ1) is 9.94. The molecule has 1 aromatic rings. The Morgan fingerprint density at radius 1 is 1.46 bits per heavy atom. The molecule has 13 heavy (non-hydrogen) atoms. The second kappa shape index (κ2) is 3.31. The minimum absolute atomic E-state index is 0.161. The topological polar surface area (TPSA) is 63.6 Å². The zero-order valence-corrected chi connectivity index (χ0v) is 7.51. The van der Waals surface area contributed by atoms with Crippen LogP contribution in [0.1, 0.15) is 0 Å². The van der Waals surface area contributed by atoms with Gasteiger partial charge < -0.3 is 4.74 Å². The number of hydrogen-bond donors (Lipinski definition) is 1. The van der Waals surface area contributed by atoms with E-state index in [1.165, 1.54) is 13.2 Å². The highest BCUT2D eigenvalue weighted by atomic mass is 32.2. The lowest BCUT2D eigenvalue weighted by atomic mass is 10.3. The summed E-state index contributed by atoms with van der Waals surface area (Å²) in [5, 5.41) is 0. The molecule has 0 saturated heterocycles. The third-order valence-electron chi connectivity index (χ3n) is 1.42. The van der Waals surface area contributed by atoms with E-state index in [0.29, 0.717) is 0 Å². The van der Waals surface area contributed by atoms with Crippen LogP contribution in [0.2, 0.25) is 0 Å². The quantitative estimate of drug-likeness (QED) is 0.735. The Hall–Kier alpha value is -1.14. The van der Waals surface area contributed by atoms with E-state index in [1.807, 2.05) is 0 Å². The van der Waals surface area contributed by atoms with Crippen LogP contribution >= 0.6 is 0 Å². The summed E-state index contributed by atoms with van der Waals surface area (Å²) in [5.74, 6) is -0.850. The molecule has 1 rings (SSSR count). The standard InChI is InChI=1S/C7H7FO4S/c1-12-5-2-3-6(8)7(4-5)13(9,10)11/h2-4H,1H3,(H,9,10,11). The Balaban J connectivity index is 3.36. The van der Waals surface area contributed by atoms with Crippen LogP contribution in [0.5, 0.6) is 5.75 Å². The Morgan fingerprint density at radius 2 is 2.08 bits per heavy atom. The third kappa shape index (κ3) is 2.16. The molecule has 0 atom stereocenters. The molecule has 0 fully saturated rings. The highest BCUT2D eigenvalue weighted by Crippen LogP contribution is 2.20. The predicted octanol–water partition coefficient (Wildman–Crippen LogP) is 1.08. The van der Waals surface area contributed by atoms with Gasteiger partial charge in [0.1, 0.15) is 16.5 Å². The number of methoxy groups -OCH3 is 1. The zero-order valence-electron chi connectivity index (χ0n) is 6.69. The van der Waals surface area contributed by atoms with Crippen LogP contribution in [0.25, 0.3) is 0 Å². The first-order valence-corrected chi connectivity index (χ1v) is 4.70. The SMILES string of the molecule is COc1ccc(F)c(S(=O)(=O)O)c1. The normalized spacial score (nSPS) is 11.3. The van der Waals surface area contributed by atoms with Gasteiger partial charge in [0.25, 0.3) is 10.1 Å². The lowest BCUT2D eigenvalue weighted by molar-refractivity contribution is 0.409. The second-order valence-corrected chi connectivity index (χ2v) is 3.66. The molecule has 0 unspecified atom stereocenters. The van der Waals surface area contributed by atoms with Crippen molar-refractivity contribution in [1.29, 1.82) is 0 Å². The van der Waals surface area contributed by atoms with Crippen molar-refractivity contribution in [3.05, 3.63) is 24.0 Å². The highest BCUT2D eigenvalue weighted by Gasteiger charge is 2.16. The van der Waals surface area contributed by atoms with E-state index in [9.17, 15) is 12.8 Å². The Bertz CT molecular complexity index is 413. The maximum atomic E-state index is 12.8. The summed E-state index contributed by atoms with van der Waals surface area (Å²) >= 11 is 0. The van der Waals surface area contributed by atoms with Crippen molar-refractivity contribution in [3.63, 3.8) is 0 Å². The van der Waals surface area contributed by atoms with Crippen LogP contribution in [0, 0.1) is 5.82 Å². The molecular weight excluding hydrogens is 199 g/mol. The summed E-state index contributed by atoms with van der Waals surface area (Å²) in [6, 6.07) is 3.07. The number of benzene rings is 1. The van der Waals surface area contributed by atoms with E-state index in [1.54, 1.807) is 0 Å². The van der Waals surface area contributed by atoms with E-state index in [0.717, 1.165) is 12.1 Å². The van der Waals surface area contributed by atoms with E-state index in [2.05, 4.69) is 4.74 Å². The van der Waals surface area contributed by atoms with Gasteiger partial charge in [0.2, 0.25) is 0 Å². The van der Waals surface area contributed by atoms with Crippen LogP contribution in [0.3, 0.4) is 0 Å². The van der Waals surface area contributed by atoms with Gasteiger partial charge in [-0.25, -0.2) is 4.39 Å². The fraction of sp³-hybridized carbons (Fsp3) is 0.143. The molecule has 0 aliphatic carbocycles. The molecule has 0 heterocycles. The number of rotatable bonds is 2. The van der Waals surface area contributed by atoms with Gasteiger partial charge in [0.15, 0.2) is 0 Å². The van der Waals surface area contributed by atoms with Crippen molar-refractivity contribution < 1.29 is 22.1 Å². The smallest absolute Gasteiger partial charge is 0.297 e. The van der Waals surface area contributed by atoms with Crippen molar-refractivity contribution in [3.8, 4) is 5.75 Å². The third-order valence-corrected chi connectivity index (χ3v) is 2.28. The number of halogens is 1. The van der Waals surface area contributed by atoms with Gasteiger partial charge in [-0.05, 0) is 12.1 Å². The van der Waals surface area contributed by atoms with Gasteiger partial charge in [-0.3, -0.25) is 4.55 Å². The zero-order chi connectivity index (χ0) is 10.1. The van der Waals surface area contributed by atoms with Crippen LogP contribution in [0.15, 0.2) is 23.1 Å². The van der Waals surface area contributed by atoms with Crippen molar-refractivity contribution in [1.82, 2.24) is 0 Å². The molecule has 0 radical (unpaired) electrons. The summed E-state index contributed by atoms with van der Waals surface area (Å²) in [7, 11) is -3.21. The number of hydrogen-bond acceptors (Lipinski definition) is 3. The maximum Gasteiger partial charge on any atom is 0.297 e. The fourth-order valence-electron chi connectivity index (χ4n) is 0.808. The van der Waals surface area contributed by atoms with Gasteiger partial charge in [-0.15, -0.1) is 0 Å². The first-order valence-electron chi connectivity index (χ1n) is 3.26. The predicted molar refractivity (Wildman–Crippen MR) is 42.8 cm³/mol. The average molecular weight is 206 g/mol. The Labute approximate surface area is 74.7 Å².